The largest absolute Gasteiger partial charge is 0.493 e. The van der Waals surface area contributed by atoms with Gasteiger partial charge in [0.2, 0.25) is 0 Å². The Morgan fingerprint density at radius 3 is 2.31 bits per heavy atom. The molecule has 2 aromatic rings. The van der Waals surface area contributed by atoms with Crippen LogP contribution in [0.3, 0.4) is 0 Å². The van der Waals surface area contributed by atoms with Crippen LogP contribution in [0.4, 0.5) is 0 Å². The van der Waals surface area contributed by atoms with Crippen LogP contribution in [0.1, 0.15) is 23.6 Å². The van der Waals surface area contributed by atoms with Gasteiger partial charge in [-0.3, -0.25) is 4.79 Å². The lowest BCUT2D eigenvalue weighted by Gasteiger charge is -2.11. The van der Waals surface area contributed by atoms with E-state index < -0.39 is 0 Å². The van der Waals surface area contributed by atoms with Gasteiger partial charge < -0.3 is 14.2 Å². The van der Waals surface area contributed by atoms with E-state index in [4.69, 9.17) is 14.2 Å². The van der Waals surface area contributed by atoms with Gasteiger partial charge in [-0.05, 0) is 50.1 Å². The molecule has 0 saturated heterocycles. The molecule has 0 unspecified atom stereocenters. The zero-order valence-electron chi connectivity index (χ0n) is 15.8. The highest BCUT2D eigenvalue weighted by Crippen LogP contribution is 2.27. The number of amides is 1. The first-order valence-corrected chi connectivity index (χ1v) is 8.20. The van der Waals surface area contributed by atoms with Crippen LogP contribution < -0.4 is 19.6 Å². The molecule has 0 radical (unpaired) electrons. The van der Waals surface area contributed by atoms with E-state index in [-0.39, 0.29) is 12.5 Å². The van der Waals surface area contributed by atoms with Crippen LogP contribution >= 0.6 is 0 Å². The average molecular weight is 356 g/mol. The Balaban J connectivity index is 1.99. The molecule has 0 spiro atoms. The van der Waals surface area contributed by atoms with Crippen LogP contribution in [0.2, 0.25) is 0 Å². The molecule has 0 aromatic heterocycles. The number of hydrogen-bond acceptors (Lipinski definition) is 5. The number of aryl methyl sites for hydroxylation is 2. The normalized spacial score (nSPS) is 11.0. The minimum Gasteiger partial charge on any atom is -0.493 e. The smallest absolute Gasteiger partial charge is 0.277 e. The summed E-state index contributed by atoms with van der Waals surface area (Å²) in [5.74, 6) is 1.63. The second kappa shape index (κ2) is 8.89. The van der Waals surface area contributed by atoms with E-state index in [9.17, 15) is 4.79 Å². The van der Waals surface area contributed by atoms with Crippen molar-refractivity contribution in [1.29, 1.82) is 0 Å². The van der Waals surface area contributed by atoms with Crippen molar-refractivity contribution >= 4 is 11.6 Å². The molecule has 0 aliphatic carbocycles. The van der Waals surface area contributed by atoms with Crippen molar-refractivity contribution in [3.63, 3.8) is 0 Å². The molecule has 0 fully saturated rings. The van der Waals surface area contributed by atoms with Crippen molar-refractivity contribution in [3.8, 4) is 17.2 Å². The second-order valence-corrected chi connectivity index (χ2v) is 5.81. The summed E-state index contributed by atoms with van der Waals surface area (Å²) in [6.07, 6.45) is 0. The van der Waals surface area contributed by atoms with E-state index in [1.807, 2.05) is 38.1 Å². The zero-order chi connectivity index (χ0) is 19.1. The van der Waals surface area contributed by atoms with Gasteiger partial charge in [0.05, 0.1) is 19.9 Å². The third-order valence-corrected chi connectivity index (χ3v) is 3.91. The minimum atomic E-state index is -0.326. The fourth-order valence-corrected chi connectivity index (χ4v) is 2.47. The van der Waals surface area contributed by atoms with Gasteiger partial charge in [-0.2, -0.15) is 5.10 Å². The minimum absolute atomic E-state index is 0.103. The first kappa shape index (κ1) is 19.3. The Labute approximate surface area is 153 Å². The number of carbonyl (C=O) groups excluding carboxylic acids is 1. The fraction of sp³-hybridized carbons (Fsp3) is 0.300. The number of ether oxygens (including phenoxy) is 3. The van der Waals surface area contributed by atoms with Crippen LogP contribution in [-0.4, -0.2) is 32.4 Å². The lowest BCUT2D eigenvalue weighted by molar-refractivity contribution is -0.123. The highest BCUT2D eigenvalue weighted by Gasteiger charge is 2.09. The number of nitrogens with one attached hydrogen (secondary N) is 1. The van der Waals surface area contributed by atoms with Crippen LogP contribution in [0.15, 0.2) is 41.5 Å². The van der Waals surface area contributed by atoms with Gasteiger partial charge in [0, 0.05) is 5.56 Å². The molecule has 1 amide bonds. The summed E-state index contributed by atoms with van der Waals surface area (Å²) in [6.45, 7) is 5.58. The molecule has 2 aromatic carbocycles. The molecule has 138 valence electrons. The molecule has 6 heteroatoms. The number of rotatable bonds is 7. The molecular formula is C20H24N2O4. The Morgan fingerprint density at radius 2 is 1.69 bits per heavy atom. The van der Waals surface area contributed by atoms with Crippen molar-refractivity contribution in [1.82, 2.24) is 5.43 Å². The maximum Gasteiger partial charge on any atom is 0.277 e. The van der Waals surface area contributed by atoms with Gasteiger partial charge in [0.1, 0.15) is 5.75 Å². The average Bonchev–Trinajstić information content (AvgIpc) is 2.65. The van der Waals surface area contributed by atoms with E-state index in [0.29, 0.717) is 17.2 Å². The maximum atomic E-state index is 12.0. The van der Waals surface area contributed by atoms with Crippen LogP contribution in [-0.2, 0) is 4.79 Å². The van der Waals surface area contributed by atoms with E-state index >= 15 is 0 Å². The molecule has 0 heterocycles. The summed E-state index contributed by atoms with van der Waals surface area (Å²) >= 11 is 0. The van der Waals surface area contributed by atoms with Gasteiger partial charge in [0.25, 0.3) is 5.91 Å². The molecule has 0 aliphatic heterocycles. The molecule has 0 bridgehead atoms. The van der Waals surface area contributed by atoms with Crippen LogP contribution in [0.25, 0.3) is 0 Å². The van der Waals surface area contributed by atoms with Crippen molar-refractivity contribution in [2.24, 2.45) is 5.10 Å². The molecule has 6 nitrogen and oxygen atoms in total. The van der Waals surface area contributed by atoms with E-state index in [0.717, 1.165) is 22.4 Å². The summed E-state index contributed by atoms with van der Waals surface area (Å²) in [4.78, 5) is 12.0. The number of nitrogens with zero attached hydrogens (tertiary/aromatic N) is 1. The number of benzene rings is 2. The van der Waals surface area contributed by atoms with E-state index in [1.54, 1.807) is 33.3 Å². The van der Waals surface area contributed by atoms with Gasteiger partial charge in [-0.1, -0.05) is 18.2 Å². The Morgan fingerprint density at radius 1 is 1.04 bits per heavy atom. The van der Waals surface area contributed by atoms with Crippen molar-refractivity contribution in [2.75, 3.05) is 20.8 Å². The Hall–Kier alpha value is -3.02. The Bertz CT molecular complexity index is 795. The predicted octanol–water partition coefficient (Wildman–Crippen LogP) is 3.24. The highest BCUT2D eigenvalue weighted by atomic mass is 16.5. The van der Waals surface area contributed by atoms with Crippen LogP contribution in [0.5, 0.6) is 17.2 Å². The topological polar surface area (TPSA) is 69.2 Å². The summed E-state index contributed by atoms with van der Waals surface area (Å²) < 4.78 is 16.1. The van der Waals surface area contributed by atoms with Gasteiger partial charge >= 0.3 is 0 Å². The van der Waals surface area contributed by atoms with E-state index in [1.165, 1.54) is 0 Å². The SMILES string of the molecule is COc1ccc(/C(C)=N/NC(=O)COc2c(C)cccc2C)cc1OC. The maximum absolute atomic E-state index is 12.0. The number of methoxy groups -OCH3 is 2. The number of para-hydroxylation sites is 1. The summed E-state index contributed by atoms with van der Waals surface area (Å²) in [5.41, 5.74) is 5.95. The summed E-state index contributed by atoms with van der Waals surface area (Å²) in [7, 11) is 3.15. The van der Waals surface area contributed by atoms with Crippen molar-refractivity contribution in [3.05, 3.63) is 53.1 Å². The first-order valence-electron chi connectivity index (χ1n) is 8.20. The van der Waals surface area contributed by atoms with Gasteiger partial charge in [-0.15, -0.1) is 0 Å². The molecule has 0 atom stereocenters. The third-order valence-electron chi connectivity index (χ3n) is 3.91. The standard InChI is InChI=1S/C20H24N2O4/c1-13-7-6-8-14(2)20(13)26-12-19(23)22-21-15(3)16-9-10-17(24-4)18(11-16)25-5/h6-11H,12H2,1-5H3,(H,22,23)/b21-15+. The fourth-order valence-electron chi connectivity index (χ4n) is 2.47. The van der Waals surface area contributed by atoms with Crippen LogP contribution in [0, 0.1) is 13.8 Å². The lowest BCUT2D eigenvalue weighted by Crippen LogP contribution is -2.26. The highest BCUT2D eigenvalue weighted by molar-refractivity contribution is 5.99. The molecule has 1 N–H and O–H groups in total. The second-order valence-electron chi connectivity index (χ2n) is 5.81. The first-order chi connectivity index (χ1) is 12.5. The Kier molecular flexibility index (Phi) is 6.60. The molecule has 2 rings (SSSR count). The van der Waals surface area contributed by atoms with E-state index in [2.05, 4.69) is 10.5 Å². The predicted molar refractivity (Wildman–Crippen MR) is 101 cm³/mol. The molecule has 26 heavy (non-hydrogen) atoms. The number of hydrazone groups is 1. The summed E-state index contributed by atoms with van der Waals surface area (Å²) in [5, 5.41) is 4.12. The number of carbonyl (C=O) groups is 1. The number of hydrogen-bond donors (Lipinski definition) is 1. The molecular weight excluding hydrogens is 332 g/mol. The quantitative estimate of drug-likeness (QED) is 0.611. The van der Waals surface area contributed by atoms with Gasteiger partial charge in [0.15, 0.2) is 18.1 Å². The van der Waals surface area contributed by atoms with Crippen molar-refractivity contribution < 1.29 is 19.0 Å². The molecule has 0 aliphatic rings. The zero-order valence-corrected chi connectivity index (χ0v) is 15.8. The van der Waals surface area contributed by atoms with Crippen molar-refractivity contribution in [2.45, 2.75) is 20.8 Å². The lowest BCUT2D eigenvalue weighted by atomic mass is 10.1. The third kappa shape index (κ3) is 4.75. The van der Waals surface area contributed by atoms with Gasteiger partial charge in [-0.25, -0.2) is 5.43 Å². The summed E-state index contributed by atoms with van der Waals surface area (Å²) in [6, 6.07) is 11.3. The monoisotopic (exact) mass is 356 g/mol. The molecule has 0 saturated carbocycles.